The minimum Gasteiger partial charge on any atom is -0.352 e. The number of hydrogen-bond donors (Lipinski definition) is 1. The summed E-state index contributed by atoms with van der Waals surface area (Å²) in [4.78, 5) is 1.76. The number of hydrogen-bond acceptors (Lipinski definition) is 2. The molecule has 3 rings (SSSR count). The Morgan fingerprint density at radius 1 is 1.21 bits per heavy atom. The molecule has 2 atom stereocenters. The molecule has 2 aromatic carbocycles. The van der Waals surface area contributed by atoms with Gasteiger partial charge in [0, 0.05) is 24.4 Å². The van der Waals surface area contributed by atoms with Gasteiger partial charge in [-0.05, 0) is 50.2 Å². The topological polar surface area (TPSA) is 39.1 Å². The van der Waals surface area contributed by atoms with Gasteiger partial charge in [0.2, 0.25) is 0 Å². The van der Waals surface area contributed by atoms with Crippen molar-refractivity contribution in [2.24, 2.45) is 0 Å². The van der Waals surface area contributed by atoms with Crippen molar-refractivity contribution >= 4 is 17.3 Å². The third-order valence-electron chi connectivity index (χ3n) is 5.75. The highest BCUT2D eigenvalue weighted by molar-refractivity contribution is 7.80. The molecule has 0 radical (unpaired) electrons. The molecule has 3 nitrogen and oxygen atoms in total. The van der Waals surface area contributed by atoms with Gasteiger partial charge in [-0.15, -0.1) is 0 Å². The molecule has 150 valence electrons. The predicted molar refractivity (Wildman–Crippen MR) is 114 cm³/mol. The van der Waals surface area contributed by atoms with Crippen molar-refractivity contribution in [1.82, 2.24) is 10.2 Å². The SMILES string of the molecule is C=C1[C@H](c2ccc(C(C)(C)C#N)cc2)[C@@](C)(c2ccc(F)cc2F)NC(=S)N1C. The monoisotopic (exact) mass is 411 g/mol. The van der Waals surface area contributed by atoms with Crippen LogP contribution in [0.25, 0.3) is 0 Å². The summed E-state index contributed by atoms with van der Waals surface area (Å²) >= 11 is 5.43. The number of likely N-dealkylation sites (N-methyl/N-ethyl adjacent to an activating group) is 1. The second-order valence-corrected chi connectivity index (χ2v) is 8.49. The highest BCUT2D eigenvalue weighted by atomic mass is 32.1. The molecular weight excluding hydrogens is 388 g/mol. The van der Waals surface area contributed by atoms with Crippen LogP contribution in [0, 0.1) is 23.0 Å². The maximum Gasteiger partial charge on any atom is 0.173 e. The number of halogens is 2. The Labute approximate surface area is 175 Å². The normalized spacial score (nSPS) is 22.2. The van der Waals surface area contributed by atoms with Crippen molar-refractivity contribution in [2.45, 2.75) is 37.6 Å². The van der Waals surface area contributed by atoms with Gasteiger partial charge in [0.05, 0.1) is 22.9 Å². The van der Waals surface area contributed by atoms with E-state index in [4.69, 9.17) is 12.2 Å². The van der Waals surface area contributed by atoms with Crippen LogP contribution < -0.4 is 5.32 Å². The van der Waals surface area contributed by atoms with Gasteiger partial charge in [-0.25, -0.2) is 8.78 Å². The number of benzene rings is 2. The second-order valence-electron chi connectivity index (χ2n) is 8.10. The number of nitrogens with one attached hydrogen (secondary N) is 1. The van der Waals surface area contributed by atoms with Crippen LogP contribution in [0.15, 0.2) is 54.7 Å². The van der Waals surface area contributed by atoms with Crippen molar-refractivity contribution in [3.05, 3.63) is 83.1 Å². The van der Waals surface area contributed by atoms with Gasteiger partial charge in [0.25, 0.3) is 0 Å². The van der Waals surface area contributed by atoms with E-state index in [-0.39, 0.29) is 5.92 Å². The van der Waals surface area contributed by atoms with Crippen molar-refractivity contribution in [3.63, 3.8) is 0 Å². The number of thiocarbonyl (C=S) groups is 1. The number of rotatable bonds is 3. The Morgan fingerprint density at radius 3 is 2.38 bits per heavy atom. The van der Waals surface area contributed by atoms with E-state index in [2.05, 4.69) is 18.0 Å². The van der Waals surface area contributed by atoms with Crippen LogP contribution in [0.3, 0.4) is 0 Å². The lowest BCUT2D eigenvalue weighted by atomic mass is 9.72. The zero-order chi connectivity index (χ0) is 21.6. The Bertz CT molecular complexity index is 1020. The molecular formula is C23H23F2N3S. The molecule has 0 aliphatic carbocycles. The van der Waals surface area contributed by atoms with Crippen LogP contribution in [-0.2, 0) is 11.0 Å². The smallest absolute Gasteiger partial charge is 0.173 e. The summed E-state index contributed by atoms with van der Waals surface area (Å²) in [5.74, 6) is -1.64. The molecule has 1 N–H and O–H groups in total. The average Bonchev–Trinajstić information content (AvgIpc) is 2.66. The van der Waals surface area contributed by atoms with Crippen LogP contribution in [-0.4, -0.2) is 17.1 Å². The molecule has 1 fully saturated rings. The molecule has 0 aromatic heterocycles. The molecule has 1 saturated heterocycles. The third-order valence-corrected chi connectivity index (χ3v) is 6.12. The van der Waals surface area contributed by atoms with E-state index in [1.165, 1.54) is 12.1 Å². The molecule has 6 heteroatoms. The van der Waals surface area contributed by atoms with E-state index in [0.717, 1.165) is 17.2 Å². The Hall–Kier alpha value is -2.78. The summed E-state index contributed by atoms with van der Waals surface area (Å²) in [5.41, 5.74) is 1.20. The van der Waals surface area contributed by atoms with E-state index < -0.39 is 22.6 Å². The molecule has 2 aromatic rings. The summed E-state index contributed by atoms with van der Waals surface area (Å²) in [6.45, 7) is 9.76. The maximum atomic E-state index is 14.8. The quantitative estimate of drug-likeness (QED) is 0.714. The van der Waals surface area contributed by atoms with E-state index in [9.17, 15) is 14.0 Å². The van der Waals surface area contributed by atoms with Crippen molar-refractivity contribution < 1.29 is 8.78 Å². The molecule has 1 aliphatic heterocycles. The van der Waals surface area contributed by atoms with Crippen molar-refractivity contribution in [2.75, 3.05) is 7.05 Å². The number of nitrogens with zero attached hydrogens (tertiary/aromatic N) is 2. The average molecular weight is 412 g/mol. The van der Waals surface area contributed by atoms with Crippen LogP contribution in [0.2, 0.25) is 0 Å². The van der Waals surface area contributed by atoms with Crippen molar-refractivity contribution in [3.8, 4) is 6.07 Å². The zero-order valence-corrected chi connectivity index (χ0v) is 17.7. The molecule has 0 bridgehead atoms. The molecule has 0 unspecified atom stereocenters. The van der Waals surface area contributed by atoms with E-state index in [0.29, 0.717) is 16.4 Å². The molecule has 0 amide bonds. The fraction of sp³-hybridized carbons (Fsp3) is 0.304. The molecule has 0 spiro atoms. The first-order chi connectivity index (χ1) is 13.5. The predicted octanol–water partition coefficient (Wildman–Crippen LogP) is 5.10. The lowest BCUT2D eigenvalue weighted by molar-refractivity contribution is 0.290. The van der Waals surface area contributed by atoms with Crippen LogP contribution in [0.5, 0.6) is 0 Å². The number of nitriles is 1. The summed E-state index contributed by atoms with van der Waals surface area (Å²) in [5, 5.41) is 13.0. The summed E-state index contributed by atoms with van der Waals surface area (Å²) < 4.78 is 28.3. The van der Waals surface area contributed by atoms with E-state index in [1.807, 2.05) is 45.0 Å². The minimum atomic E-state index is -0.968. The van der Waals surface area contributed by atoms with Gasteiger partial charge in [-0.3, -0.25) is 0 Å². The Morgan fingerprint density at radius 2 is 1.83 bits per heavy atom. The second kappa shape index (κ2) is 7.23. The minimum absolute atomic E-state index is 0.307. The largest absolute Gasteiger partial charge is 0.352 e. The van der Waals surface area contributed by atoms with Crippen molar-refractivity contribution in [1.29, 1.82) is 5.26 Å². The third kappa shape index (κ3) is 3.51. The summed E-state index contributed by atoms with van der Waals surface area (Å²) in [7, 11) is 1.80. The zero-order valence-electron chi connectivity index (χ0n) is 16.9. The standard InChI is InChI=1S/C23H23F2N3S/c1-14-20(15-6-8-16(9-7-15)22(2,3)13-26)23(4,27-21(29)28(14)5)18-11-10-17(24)12-19(18)25/h6-12,20H,1H2,2-5H3,(H,27,29)/t20-,23-/m1/s1. The van der Waals surface area contributed by atoms with Gasteiger partial charge in [-0.2, -0.15) is 5.26 Å². The Kier molecular flexibility index (Phi) is 5.22. The van der Waals surface area contributed by atoms with Gasteiger partial charge in [0.1, 0.15) is 11.6 Å². The molecule has 29 heavy (non-hydrogen) atoms. The fourth-order valence-corrected chi connectivity index (χ4v) is 4.18. The maximum absolute atomic E-state index is 14.8. The molecule has 1 aliphatic rings. The van der Waals surface area contributed by atoms with Gasteiger partial charge >= 0.3 is 0 Å². The van der Waals surface area contributed by atoms with Crippen LogP contribution in [0.1, 0.15) is 43.4 Å². The van der Waals surface area contributed by atoms with E-state index in [1.54, 1.807) is 11.9 Å². The fourth-order valence-electron chi connectivity index (χ4n) is 3.85. The van der Waals surface area contributed by atoms with Gasteiger partial charge < -0.3 is 10.2 Å². The molecule has 0 saturated carbocycles. The first-order valence-corrected chi connectivity index (χ1v) is 9.64. The van der Waals surface area contributed by atoms with Gasteiger partial charge in [-0.1, -0.05) is 36.9 Å². The van der Waals surface area contributed by atoms with Crippen LogP contribution >= 0.6 is 12.2 Å². The van der Waals surface area contributed by atoms with Gasteiger partial charge in [0.15, 0.2) is 5.11 Å². The first-order valence-electron chi connectivity index (χ1n) is 9.23. The van der Waals surface area contributed by atoms with E-state index >= 15 is 0 Å². The summed E-state index contributed by atoms with van der Waals surface area (Å²) in [6, 6.07) is 13.5. The van der Waals surface area contributed by atoms with Crippen LogP contribution in [0.4, 0.5) is 8.78 Å². The highest BCUT2D eigenvalue weighted by Crippen LogP contribution is 2.46. The first kappa shape index (κ1) is 20.9. The lowest BCUT2D eigenvalue weighted by Gasteiger charge is -2.49. The Balaban J connectivity index is 2.15. The lowest BCUT2D eigenvalue weighted by Crippen LogP contribution is -2.58. The highest BCUT2D eigenvalue weighted by Gasteiger charge is 2.46. The molecule has 1 heterocycles. The summed E-state index contributed by atoms with van der Waals surface area (Å²) in [6.07, 6.45) is 0.